The third-order valence-electron chi connectivity index (χ3n) is 5.76. The van der Waals surface area contributed by atoms with Gasteiger partial charge in [0, 0.05) is 17.7 Å². The molecule has 1 aliphatic heterocycles. The summed E-state index contributed by atoms with van der Waals surface area (Å²) in [6.45, 7) is 13.4. The number of hydrogen-bond acceptors (Lipinski definition) is 5. The summed E-state index contributed by atoms with van der Waals surface area (Å²) in [7, 11) is -0.470. The van der Waals surface area contributed by atoms with Gasteiger partial charge in [0.1, 0.15) is 5.60 Å². The van der Waals surface area contributed by atoms with E-state index in [2.05, 4.69) is 5.32 Å². The molecule has 0 radical (unpaired) electrons. The summed E-state index contributed by atoms with van der Waals surface area (Å²) in [5.41, 5.74) is 1.29. The summed E-state index contributed by atoms with van der Waals surface area (Å²) >= 11 is 0. The Morgan fingerprint density at radius 3 is 2.06 bits per heavy atom. The van der Waals surface area contributed by atoms with E-state index in [1.165, 1.54) is 0 Å². The molecule has 0 aliphatic carbocycles. The molecule has 0 bridgehead atoms. The number of carbonyl (C=O) groups excluding carboxylic acids is 2. The quantitative estimate of drug-likeness (QED) is 0.540. The molecule has 32 heavy (non-hydrogen) atoms. The maximum Gasteiger partial charge on any atom is 0.494 e. The lowest BCUT2D eigenvalue weighted by Gasteiger charge is -2.32. The number of ketones is 1. The fraction of sp³-hybridized carbons (Fsp3) is 0.440. The molecule has 1 amide bonds. The fourth-order valence-electron chi connectivity index (χ4n) is 3.29. The summed E-state index contributed by atoms with van der Waals surface area (Å²) < 4.78 is 17.5. The van der Waals surface area contributed by atoms with Crippen LogP contribution in [-0.2, 0) is 20.5 Å². The lowest BCUT2D eigenvalue weighted by atomic mass is 9.78. The van der Waals surface area contributed by atoms with Gasteiger partial charge in [0.15, 0.2) is 5.78 Å². The highest BCUT2D eigenvalue weighted by Gasteiger charge is 2.51. The number of amides is 1. The molecule has 3 rings (SSSR count). The van der Waals surface area contributed by atoms with Crippen LogP contribution in [0.2, 0.25) is 0 Å². The number of hydrogen-bond donors (Lipinski definition) is 1. The molecular weight excluding hydrogens is 405 g/mol. The monoisotopic (exact) mass is 437 g/mol. The van der Waals surface area contributed by atoms with Crippen LogP contribution in [0.3, 0.4) is 0 Å². The molecule has 0 atom stereocenters. The van der Waals surface area contributed by atoms with Gasteiger partial charge in [-0.25, -0.2) is 4.79 Å². The first-order valence-electron chi connectivity index (χ1n) is 10.8. The van der Waals surface area contributed by atoms with E-state index in [0.29, 0.717) is 11.3 Å². The van der Waals surface area contributed by atoms with Crippen LogP contribution < -0.4 is 10.8 Å². The molecule has 1 heterocycles. The van der Waals surface area contributed by atoms with Gasteiger partial charge >= 0.3 is 13.2 Å². The molecule has 2 aromatic carbocycles. The summed E-state index contributed by atoms with van der Waals surface area (Å²) in [4.78, 5) is 25.1. The maximum atomic E-state index is 12.9. The van der Waals surface area contributed by atoms with E-state index in [9.17, 15) is 9.59 Å². The Morgan fingerprint density at radius 2 is 1.50 bits per heavy atom. The maximum absolute atomic E-state index is 12.9. The number of carbonyl (C=O) groups is 2. The van der Waals surface area contributed by atoms with Crippen LogP contribution in [0.25, 0.3) is 0 Å². The standard InChI is InChI=1S/C25H32BNO5/c1-23(2,3)30-22(29)27-20-11-9-8-10-18(20)16-21(28)17-12-14-19(15-13-17)26-31-24(4,5)25(6,7)32-26/h8-15H,16H2,1-7H3,(H,27,29). The number of rotatable bonds is 5. The van der Waals surface area contributed by atoms with Gasteiger partial charge < -0.3 is 14.0 Å². The molecule has 7 heteroatoms. The highest BCUT2D eigenvalue weighted by Crippen LogP contribution is 2.36. The third-order valence-corrected chi connectivity index (χ3v) is 5.76. The number of anilines is 1. The fourth-order valence-corrected chi connectivity index (χ4v) is 3.29. The molecule has 0 aromatic heterocycles. The molecular formula is C25H32BNO5. The summed E-state index contributed by atoms with van der Waals surface area (Å²) in [6, 6.07) is 14.5. The first-order chi connectivity index (χ1) is 14.8. The molecule has 0 saturated carbocycles. The van der Waals surface area contributed by atoms with Gasteiger partial charge in [-0.3, -0.25) is 10.1 Å². The van der Waals surface area contributed by atoms with Crippen molar-refractivity contribution in [1.29, 1.82) is 0 Å². The second-order valence-electron chi connectivity index (χ2n) is 10.1. The summed E-state index contributed by atoms with van der Waals surface area (Å²) in [5.74, 6) is -0.0519. The van der Waals surface area contributed by atoms with E-state index in [-0.39, 0.29) is 12.2 Å². The number of benzene rings is 2. The molecule has 1 fully saturated rings. The Kier molecular flexibility index (Phi) is 6.54. The normalized spacial score (nSPS) is 17.2. The van der Waals surface area contributed by atoms with Crippen molar-refractivity contribution < 1.29 is 23.6 Å². The SMILES string of the molecule is CC(C)(C)OC(=O)Nc1ccccc1CC(=O)c1ccc(B2OC(C)(C)C(C)(C)O2)cc1. The van der Waals surface area contributed by atoms with Crippen LogP contribution in [0, 0.1) is 0 Å². The van der Waals surface area contributed by atoms with Crippen LogP contribution in [0.4, 0.5) is 10.5 Å². The van der Waals surface area contributed by atoms with E-state index < -0.39 is 30.0 Å². The Morgan fingerprint density at radius 1 is 0.938 bits per heavy atom. The summed E-state index contributed by atoms with van der Waals surface area (Å²) in [5, 5.41) is 2.74. The average Bonchev–Trinajstić information content (AvgIpc) is 2.89. The lowest BCUT2D eigenvalue weighted by Crippen LogP contribution is -2.41. The van der Waals surface area contributed by atoms with Gasteiger partial charge in [-0.15, -0.1) is 0 Å². The van der Waals surface area contributed by atoms with Gasteiger partial charge in [-0.2, -0.15) is 0 Å². The largest absolute Gasteiger partial charge is 0.494 e. The van der Waals surface area contributed by atoms with Crippen LogP contribution in [0.1, 0.15) is 64.4 Å². The van der Waals surface area contributed by atoms with Crippen molar-refractivity contribution in [3.63, 3.8) is 0 Å². The zero-order valence-electron chi connectivity index (χ0n) is 19.9. The molecule has 6 nitrogen and oxygen atoms in total. The molecule has 170 valence electrons. The van der Waals surface area contributed by atoms with Crippen LogP contribution in [0.15, 0.2) is 48.5 Å². The van der Waals surface area contributed by atoms with E-state index in [1.54, 1.807) is 45.0 Å². The Balaban J connectivity index is 1.69. The molecule has 1 aliphatic rings. The number of Topliss-reactive ketones (excluding diaryl/α,β-unsaturated/α-hetero) is 1. The predicted octanol–water partition coefficient (Wildman–Crippen LogP) is 4.76. The molecule has 0 unspecified atom stereocenters. The van der Waals surface area contributed by atoms with Crippen LogP contribution >= 0.6 is 0 Å². The van der Waals surface area contributed by atoms with Crippen LogP contribution in [0.5, 0.6) is 0 Å². The van der Waals surface area contributed by atoms with Gasteiger partial charge in [0.25, 0.3) is 0 Å². The predicted molar refractivity (Wildman–Crippen MR) is 126 cm³/mol. The zero-order valence-corrected chi connectivity index (χ0v) is 19.9. The van der Waals surface area contributed by atoms with Crippen molar-refractivity contribution >= 4 is 30.1 Å². The second-order valence-corrected chi connectivity index (χ2v) is 10.1. The van der Waals surface area contributed by atoms with E-state index in [0.717, 1.165) is 11.0 Å². The van der Waals surface area contributed by atoms with E-state index >= 15 is 0 Å². The van der Waals surface area contributed by atoms with Gasteiger partial charge in [0.05, 0.1) is 11.2 Å². The topological polar surface area (TPSA) is 73.9 Å². The van der Waals surface area contributed by atoms with Crippen molar-refractivity contribution in [3.8, 4) is 0 Å². The molecule has 1 N–H and O–H groups in total. The number of nitrogens with one attached hydrogen (secondary N) is 1. The highest BCUT2D eigenvalue weighted by atomic mass is 16.7. The molecule has 2 aromatic rings. The van der Waals surface area contributed by atoms with Crippen molar-refractivity contribution in [1.82, 2.24) is 0 Å². The summed E-state index contributed by atoms with van der Waals surface area (Å²) in [6.07, 6.45) is -0.397. The lowest BCUT2D eigenvalue weighted by molar-refractivity contribution is 0.00578. The highest BCUT2D eigenvalue weighted by molar-refractivity contribution is 6.62. The number of para-hydroxylation sites is 1. The van der Waals surface area contributed by atoms with E-state index in [1.807, 2.05) is 52.0 Å². The number of ether oxygens (including phenoxy) is 1. The van der Waals surface area contributed by atoms with Gasteiger partial charge in [-0.1, -0.05) is 42.5 Å². The van der Waals surface area contributed by atoms with Crippen molar-refractivity contribution in [2.45, 2.75) is 71.7 Å². The van der Waals surface area contributed by atoms with Gasteiger partial charge in [-0.05, 0) is 65.6 Å². The first-order valence-corrected chi connectivity index (χ1v) is 10.8. The van der Waals surface area contributed by atoms with E-state index in [4.69, 9.17) is 14.0 Å². The average molecular weight is 437 g/mol. The third kappa shape index (κ3) is 5.58. The first kappa shape index (κ1) is 24.0. The van der Waals surface area contributed by atoms with Crippen molar-refractivity contribution in [2.75, 3.05) is 5.32 Å². The Hall–Kier alpha value is -2.64. The molecule has 0 spiro atoms. The second kappa shape index (κ2) is 8.72. The van der Waals surface area contributed by atoms with Crippen molar-refractivity contribution in [3.05, 3.63) is 59.7 Å². The minimum absolute atomic E-state index is 0.0519. The molecule has 1 saturated heterocycles. The van der Waals surface area contributed by atoms with Gasteiger partial charge in [0.2, 0.25) is 0 Å². The minimum Gasteiger partial charge on any atom is -0.444 e. The zero-order chi connectivity index (χ0) is 23.7. The Bertz CT molecular complexity index is 976. The smallest absolute Gasteiger partial charge is 0.444 e. The Labute approximate surface area is 190 Å². The van der Waals surface area contributed by atoms with Crippen molar-refractivity contribution in [2.24, 2.45) is 0 Å². The minimum atomic E-state index is -0.603. The van der Waals surface area contributed by atoms with Crippen LogP contribution in [-0.4, -0.2) is 35.8 Å².